The molecule has 28 heavy (non-hydrogen) atoms. The molecule has 0 aliphatic carbocycles. The topological polar surface area (TPSA) is 83.6 Å². The van der Waals surface area contributed by atoms with Gasteiger partial charge in [-0.2, -0.15) is 0 Å². The molecule has 0 bridgehead atoms. The predicted molar refractivity (Wildman–Crippen MR) is 106 cm³/mol. The molecular formula is C20H21ClN2O4S. The molecule has 3 rings (SSSR count). The number of aryl methyl sites for hydroxylation is 1. The molecule has 6 nitrogen and oxygen atoms in total. The van der Waals surface area contributed by atoms with Crippen LogP contribution in [0.15, 0.2) is 53.4 Å². The Morgan fingerprint density at radius 3 is 2.50 bits per heavy atom. The zero-order chi connectivity index (χ0) is 20.5. The summed E-state index contributed by atoms with van der Waals surface area (Å²) in [5, 5.41) is 0.476. The number of nitrogens with zero attached hydrogens (tertiary/aromatic N) is 1. The van der Waals surface area contributed by atoms with E-state index in [1.807, 2.05) is 0 Å². The van der Waals surface area contributed by atoms with E-state index in [-0.39, 0.29) is 17.2 Å². The number of sulfonamides is 1. The maximum atomic E-state index is 12.7. The molecule has 1 fully saturated rings. The van der Waals surface area contributed by atoms with Crippen LogP contribution >= 0.6 is 11.6 Å². The van der Waals surface area contributed by atoms with Crippen molar-refractivity contribution in [2.75, 3.05) is 6.54 Å². The third-order valence-corrected chi connectivity index (χ3v) is 6.73. The van der Waals surface area contributed by atoms with E-state index in [0.29, 0.717) is 23.6 Å². The van der Waals surface area contributed by atoms with Gasteiger partial charge >= 0.3 is 0 Å². The van der Waals surface area contributed by atoms with Gasteiger partial charge in [-0.3, -0.25) is 9.59 Å². The molecule has 1 saturated heterocycles. The van der Waals surface area contributed by atoms with E-state index >= 15 is 0 Å². The van der Waals surface area contributed by atoms with Crippen LogP contribution in [-0.2, 0) is 26.0 Å². The zero-order valence-electron chi connectivity index (χ0n) is 15.6. The molecule has 1 atom stereocenters. The number of carbonyl (C=O) groups is 2. The number of amides is 2. The lowest BCUT2D eigenvalue weighted by atomic mass is 9.85. The van der Waals surface area contributed by atoms with Crippen molar-refractivity contribution in [2.45, 2.75) is 37.1 Å². The minimum atomic E-state index is -4.01. The quantitative estimate of drug-likeness (QED) is 0.806. The summed E-state index contributed by atoms with van der Waals surface area (Å²) in [6.07, 6.45) is 0.434. The molecule has 0 saturated carbocycles. The Bertz CT molecular complexity index is 1040. The molecule has 0 aromatic heterocycles. The van der Waals surface area contributed by atoms with E-state index in [1.54, 1.807) is 50.2 Å². The van der Waals surface area contributed by atoms with E-state index in [4.69, 9.17) is 11.6 Å². The molecule has 0 radical (unpaired) electrons. The second kappa shape index (κ2) is 7.56. The standard InChI is InChI=1S/C20H21ClN2O4S/c1-14-6-5-8-16(12-14)28(26,27)22-19(25)20(2)10-11-23(20)18(24)13-15-7-3-4-9-17(15)21/h3-9,12H,10-11,13H2,1-2H3,(H,22,25). The van der Waals surface area contributed by atoms with Crippen molar-refractivity contribution in [2.24, 2.45) is 0 Å². The van der Waals surface area contributed by atoms with Crippen molar-refractivity contribution >= 4 is 33.4 Å². The predicted octanol–water partition coefficient (Wildman–Crippen LogP) is 2.69. The highest BCUT2D eigenvalue weighted by Gasteiger charge is 2.50. The van der Waals surface area contributed by atoms with Crippen LogP contribution in [0.3, 0.4) is 0 Å². The second-order valence-electron chi connectivity index (χ2n) is 7.09. The Balaban J connectivity index is 1.74. The lowest BCUT2D eigenvalue weighted by molar-refractivity contribution is -0.156. The van der Waals surface area contributed by atoms with Gasteiger partial charge in [-0.15, -0.1) is 0 Å². The maximum Gasteiger partial charge on any atom is 0.264 e. The highest BCUT2D eigenvalue weighted by molar-refractivity contribution is 7.90. The summed E-state index contributed by atoms with van der Waals surface area (Å²) in [5.41, 5.74) is 0.216. The molecule has 1 N–H and O–H groups in total. The first kappa shape index (κ1) is 20.4. The van der Waals surface area contributed by atoms with Gasteiger partial charge in [-0.05, 0) is 49.6 Å². The van der Waals surface area contributed by atoms with Crippen LogP contribution in [0.2, 0.25) is 5.02 Å². The van der Waals surface area contributed by atoms with E-state index in [2.05, 4.69) is 4.72 Å². The lowest BCUT2D eigenvalue weighted by Crippen LogP contribution is -2.68. The molecule has 1 heterocycles. The van der Waals surface area contributed by atoms with E-state index < -0.39 is 21.5 Å². The van der Waals surface area contributed by atoms with Crippen LogP contribution in [0.25, 0.3) is 0 Å². The number of hydrogen-bond donors (Lipinski definition) is 1. The first-order chi connectivity index (χ1) is 13.1. The summed E-state index contributed by atoms with van der Waals surface area (Å²) < 4.78 is 27.2. The maximum absolute atomic E-state index is 12.7. The van der Waals surface area contributed by atoms with Crippen molar-refractivity contribution in [3.63, 3.8) is 0 Å². The van der Waals surface area contributed by atoms with Gasteiger partial charge in [0.05, 0.1) is 11.3 Å². The molecule has 1 aliphatic rings. The molecule has 1 aliphatic heterocycles. The van der Waals surface area contributed by atoms with Crippen LogP contribution in [0, 0.1) is 6.92 Å². The number of likely N-dealkylation sites (tertiary alicyclic amines) is 1. The monoisotopic (exact) mass is 420 g/mol. The summed E-state index contributed by atoms with van der Waals surface area (Å²) in [6.45, 7) is 3.73. The van der Waals surface area contributed by atoms with Crippen LogP contribution in [0.4, 0.5) is 0 Å². The van der Waals surface area contributed by atoms with E-state index in [0.717, 1.165) is 5.56 Å². The normalized spacial score (nSPS) is 19.0. The average molecular weight is 421 g/mol. The third kappa shape index (κ3) is 3.91. The van der Waals surface area contributed by atoms with Crippen molar-refractivity contribution in [3.05, 3.63) is 64.7 Å². The first-order valence-corrected chi connectivity index (χ1v) is 10.7. The van der Waals surface area contributed by atoms with Gasteiger partial charge in [0.25, 0.3) is 15.9 Å². The zero-order valence-corrected chi connectivity index (χ0v) is 17.2. The highest BCUT2D eigenvalue weighted by atomic mass is 35.5. The Kier molecular flexibility index (Phi) is 5.50. The Morgan fingerprint density at radius 1 is 1.18 bits per heavy atom. The highest BCUT2D eigenvalue weighted by Crippen LogP contribution is 2.32. The van der Waals surface area contributed by atoms with Crippen LogP contribution < -0.4 is 4.72 Å². The molecule has 148 valence electrons. The molecule has 0 spiro atoms. The number of halogens is 1. The van der Waals surface area contributed by atoms with Gasteiger partial charge < -0.3 is 4.90 Å². The fraction of sp³-hybridized carbons (Fsp3) is 0.300. The summed E-state index contributed by atoms with van der Waals surface area (Å²) >= 11 is 6.11. The van der Waals surface area contributed by atoms with Gasteiger partial charge in [-0.25, -0.2) is 13.1 Å². The van der Waals surface area contributed by atoms with Crippen LogP contribution in [-0.4, -0.2) is 37.2 Å². The Morgan fingerprint density at radius 2 is 1.89 bits per heavy atom. The lowest BCUT2D eigenvalue weighted by Gasteiger charge is -2.49. The fourth-order valence-electron chi connectivity index (χ4n) is 3.17. The average Bonchev–Trinajstić information content (AvgIpc) is 2.61. The largest absolute Gasteiger partial charge is 0.328 e. The summed E-state index contributed by atoms with van der Waals surface area (Å²) in [5.74, 6) is -0.988. The van der Waals surface area contributed by atoms with Gasteiger partial charge in [-0.1, -0.05) is 41.9 Å². The number of rotatable bonds is 5. The number of carbonyl (C=O) groups excluding carboxylic acids is 2. The van der Waals surface area contributed by atoms with Crippen LogP contribution in [0.5, 0.6) is 0 Å². The summed E-state index contributed by atoms with van der Waals surface area (Å²) in [7, 11) is -4.01. The second-order valence-corrected chi connectivity index (χ2v) is 9.18. The van der Waals surface area contributed by atoms with Gasteiger partial charge in [0.1, 0.15) is 5.54 Å². The molecule has 2 aromatic carbocycles. The number of nitrogens with one attached hydrogen (secondary N) is 1. The van der Waals surface area contributed by atoms with Crippen molar-refractivity contribution in [3.8, 4) is 0 Å². The Hall–Kier alpha value is -2.38. The summed E-state index contributed by atoms with van der Waals surface area (Å²) in [4.78, 5) is 26.8. The van der Waals surface area contributed by atoms with Gasteiger partial charge in [0.2, 0.25) is 5.91 Å². The van der Waals surface area contributed by atoms with Crippen molar-refractivity contribution in [1.29, 1.82) is 0 Å². The SMILES string of the molecule is Cc1cccc(S(=O)(=O)NC(=O)C2(C)CCN2C(=O)Cc2ccccc2Cl)c1. The van der Waals surface area contributed by atoms with Crippen molar-refractivity contribution < 1.29 is 18.0 Å². The van der Waals surface area contributed by atoms with E-state index in [9.17, 15) is 18.0 Å². The molecular weight excluding hydrogens is 400 g/mol. The smallest absolute Gasteiger partial charge is 0.264 e. The molecule has 8 heteroatoms. The molecule has 2 amide bonds. The summed E-state index contributed by atoms with van der Waals surface area (Å²) in [6, 6.07) is 13.3. The molecule has 1 unspecified atom stereocenters. The first-order valence-electron chi connectivity index (χ1n) is 8.81. The minimum Gasteiger partial charge on any atom is -0.328 e. The minimum absolute atomic E-state index is 0.0118. The fourth-order valence-corrected chi connectivity index (χ4v) is 4.55. The number of benzene rings is 2. The van der Waals surface area contributed by atoms with Crippen molar-refractivity contribution in [1.82, 2.24) is 9.62 Å². The van der Waals surface area contributed by atoms with Gasteiger partial charge in [0.15, 0.2) is 0 Å². The molecule has 2 aromatic rings. The Labute approximate surface area is 169 Å². The van der Waals surface area contributed by atoms with Gasteiger partial charge in [0, 0.05) is 11.6 Å². The van der Waals surface area contributed by atoms with Crippen LogP contribution in [0.1, 0.15) is 24.5 Å². The number of hydrogen-bond acceptors (Lipinski definition) is 4. The van der Waals surface area contributed by atoms with E-state index in [1.165, 1.54) is 17.0 Å². The third-order valence-electron chi connectivity index (χ3n) is 5.03.